The Bertz CT molecular complexity index is 389. The second-order valence-corrected chi connectivity index (χ2v) is 10.4. The van der Waals surface area contributed by atoms with Crippen LogP contribution in [0.4, 0.5) is 0 Å². The van der Waals surface area contributed by atoms with E-state index in [0.29, 0.717) is 5.92 Å². The molecule has 0 N–H and O–H groups in total. The Kier molecular flexibility index (Phi) is 4.08. The molecule has 0 aromatic rings. The number of fused-ring (bicyclic) bond motifs is 1. The van der Waals surface area contributed by atoms with Crippen molar-refractivity contribution in [1.29, 1.82) is 0 Å². The molecule has 116 valence electrons. The van der Waals surface area contributed by atoms with Crippen molar-refractivity contribution in [3.63, 3.8) is 0 Å². The minimum atomic E-state index is -1.20. The molecule has 2 aliphatic heterocycles. The highest BCUT2D eigenvalue weighted by atomic mass is 28.3. The third kappa shape index (κ3) is 2.94. The molecular weight excluding hydrogens is 270 g/mol. The first-order chi connectivity index (χ1) is 9.02. The van der Waals surface area contributed by atoms with Crippen molar-refractivity contribution in [3.8, 4) is 0 Å². The summed E-state index contributed by atoms with van der Waals surface area (Å²) in [6.45, 7) is 15.6. The van der Waals surface area contributed by atoms with E-state index in [-0.39, 0.29) is 23.7 Å². The average molecular weight is 299 g/mol. The van der Waals surface area contributed by atoms with E-state index in [1.54, 1.807) is 0 Å². The third-order valence-corrected chi connectivity index (χ3v) is 5.29. The summed E-state index contributed by atoms with van der Waals surface area (Å²) < 4.78 is 12.1. The highest BCUT2D eigenvalue weighted by Gasteiger charge is 2.53. The second kappa shape index (κ2) is 5.11. The van der Waals surface area contributed by atoms with Gasteiger partial charge in [-0.05, 0) is 44.7 Å². The van der Waals surface area contributed by atoms with Gasteiger partial charge in [-0.2, -0.15) is 0 Å². The molecule has 0 bridgehead atoms. The zero-order valence-corrected chi connectivity index (χ0v) is 15.1. The number of carbonyl (C=O) groups excluding carboxylic acids is 1. The molecule has 2 heterocycles. The fraction of sp³-hybridized carbons (Fsp3) is 0.933. The lowest BCUT2D eigenvalue weighted by Crippen LogP contribution is -2.61. The zero-order valence-electron chi connectivity index (χ0n) is 13.9. The van der Waals surface area contributed by atoms with Crippen LogP contribution in [0.5, 0.6) is 0 Å². The molecular formula is C15H29NO3Si. The number of amides is 1. The van der Waals surface area contributed by atoms with Crippen molar-refractivity contribution in [3.05, 3.63) is 0 Å². The van der Waals surface area contributed by atoms with Gasteiger partial charge < -0.3 is 14.1 Å². The summed E-state index contributed by atoms with van der Waals surface area (Å²) in [5.74, 6) is 0.619. The Hall–Kier alpha value is -0.393. The lowest BCUT2D eigenvalue weighted by Gasteiger charge is -2.44. The predicted molar refractivity (Wildman–Crippen MR) is 82.0 cm³/mol. The molecule has 2 saturated heterocycles. The SMILES string of the molecule is C[SiH](C)OC1OC(C)(C)C(=O)N2C[C@@H](C(C)(C)C)C[C@@H]12. The Morgan fingerprint density at radius 2 is 1.95 bits per heavy atom. The quantitative estimate of drug-likeness (QED) is 0.735. The first-order valence-electron chi connectivity index (χ1n) is 7.66. The van der Waals surface area contributed by atoms with Gasteiger partial charge in [-0.25, -0.2) is 0 Å². The minimum Gasteiger partial charge on any atom is -0.395 e. The minimum absolute atomic E-state index is 0.0923. The predicted octanol–water partition coefficient (Wildman–Crippen LogP) is 2.38. The third-order valence-electron chi connectivity index (χ3n) is 4.48. The smallest absolute Gasteiger partial charge is 0.254 e. The molecule has 0 saturated carbocycles. The molecule has 5 heteroatoms. The van der Waals surface area contributed by atoms with E-state index >= 15 is 0 Å². The van der Waals surface area contributed by atoms with Crippen molar-refractivity contribution in [2.45, 2.75) is 72.1 Å². The number of hydrogen-bond acceptors (Lipinski definition) is 3. The average Bonchev–Trinajstić information content (AvgIpc) is 2.69. The number of rotatable bonds is 2. The van der Waals surface area contributed by atoms with Gasteiger partial charge in [-0.3, -0.25) is 4.79 Å². The van der Waals surface area contributed by atoms with Crippen molar-refractivity contribution < 1.29 is 14.0 Å². The molecule has 2 fully saturated rings. The topological polar surface area (TPSA) is 38.8 Å². The molecule has 0 radical (unpaired) electrons. The number of hydrogen-bond donors (Lipinski definition) is 0. The van der Waals surface area contributed by atoms with Gasteiger partial charge in [0, 0.05) is 6.54 Å². The van der Waals surface area contributed by atoms with Crippen molar-refractivity contribution >= 4 is 14.9 Å². The summed E-state index contributed by atoms with van der Waals surface area (Å²) in [6, 6.07) is 0.0923. The molecule has 0 aliphatic carbocycles. The van der Waals surface area contributed by atoms with E-state index in [1.807, 2.05) is 18.7 Å². The normalized spacial score (nSPS) is 33.7. The van der Waals surface area contributed by atoms with E-state index in [9.17, 15) is 4.79 Å². The van der Waals surface area contributed by atoms with Crippen molar-refractivity contribution in [1.82, 2.24) is 4.90 Å². The van der Waals surface area contributed by atoms with E-state index in [2.05, 4.69) is 33.9 Å². The van der Waals surface area contributed by atoms with Crippen LogP contribution in [0.15, 0.2) is 0 Å². The molecule has 3 atom stereocenters. The summed E-state index contributed by atoms with van der Waals surface area (Å²) in [7, 11) is -1.20. The summed E-state index contributed by atoms with van der Waals surface area (Å²) in [4.78, 5) is 14.6. The van der Waals surface area contributed by atoms with Crippen molar-refractivity contribution in [2.24, 2.45) is 11.3 Å². The summed E-state index contributed by atoms with van der Waals surface area (Å²) >= 11 is 0. The lowest BCUT2D eigenvalue weighted by molar-refractivity contribution is -0.226. The summed E-state index contributed by atoms with van der Waals surface area (Å²) in [5.41, 5.74) is -0.557. The van der Waals surface area contributed by atoms with E-state index in [1.165, 1.54) is 0 Å². The maximum Gasteiger partial charge on any atom is 0.254 e. The van der Waals surface area contributed by atoms with Gasteiger partial charge in [0.2, 0.25) is 0 Å². The van der Waals surface area contributed by atoms with Crippen LogP contribution < -0.4 is 0 Å². The van der Waals surface area contributed by atoms with Crippen molar-refractivity contribution in [2.75, 3.05) is 6.54 Å². The van der Waals surface area contributed by atoms with Crippen LogP contribution in [0, 0.1) is 11.3 Å². The van der Waals surface area contributed by atoms with Gasteiger partial charge in [0.1, 0.15) is 5.60 Å². The maximum absolute atomic E-state index is 12.6. The number of ether oxygens (including phenoxy) is 1. The van der Waals surface area contributed by atoms with Crippen LogP contribution in [-0.2, 0) is 14.0 Å². The monoisotopic (exact) mass is 299 g/mol. The van der Waals surface area contributed by atoms with Gasteiger partial charge >= 0.3 is 0 Å². The molecule has 20 heavy (non-hydrogen) atoms. The van der Waals surface area contributed by atoms with Gasteiger partial charge in [-0.15, -0.1) is 0 Å². The fourth-order valence-electron chi connectivity index (χ4n) is 3.14. The Labute approximate surface area is 124 Å². The Morgan fingerprint density at radius 3 is 2.45 bits per heavy atom. The molecule has 1 unspecified atom stereocenters. The van der Waals surface area contributed by atoms with E-state index in [4.69, 9.17) is 9.16 Å². The maximum atomic E-state index is 12.6. The largest absolute Gasteiger partial charge is 0.395 e. The Morgan fingerprint density at radius 1 is 1.35 bits per heavy atom. The van der Waals surface area contributed by atoms with Crippen LogP contribution in [0.25, 0.3) is 0 Å². The van der Waals surface area contributed by atoms with Crippen LogP contribution in [0.3, 0.4) is 0 Å². The second-order valence-electron chi connectivity index (χ2n) is 8.00. The van der Waals surface area contributed by atoms with Gasteiger partial charge in [0.15, 0.2) is 15.3 Å². The molecule has 2 rings (SSSR count). The lowest BCUT2D eigenvalue weighted by atomic mass is 9.79. The van der Waals surface area contributed by atoms with E-state index < -0.39 is 14.6 Å². The zero-order chi connectivity index (χ0) is 15.3. The van der Waals surface area contributed by atoms with Crippen LogP contribution >= 0.6 is 0 Å². The molecule has 2 aliphatic rings. The van der Waals surface area contributed by atoms with Gasteiger partial charge in [0.05, 0.1) is 6.04 Å². The number of nitrogens with zero attached hydrogens (tertiary/aromatic N) is 1. The van der Waals surface area contributed by atoms with Crippen LogP contribution in [0.2, 0.25) is 13.1 Å². The molecule has 0 aromatic carbocycles. The van der Waals surface area contributed by atoms with Gasteiger partial charge in [0.25, 0.3) is 5.91 Å². The molecule has 0 spiro atoms. The van der Waals surface area contributed by atoms with E-state index in [0.717, 1.165) is 13.0 Å². The molecule has 4 nitrogen and oxygen atoms in total. The fourth-order valence-corrected chi connectivity index (χ4v) is 3.91. The first kappa shape index (κ1) is 16.0. The highest BCUT2D eigenvalue weighted by molar-refractivity contribution is 6.48. The van der Waals surface area contributed by atoms with Gasteiger partial charge in [-0.1, -0.05) is 20.8 Å². The summed E-state index contributed by atoms with van der Waals surface area (Å²) in [5, 5.41) is 0. The Balaban J connectivity index is 2.24. The number of carbonyl (C=O) groups is 1. The highest BCUT2D eigenvalue weighted by Crippen LogP contribution is 2.42. The first-order valence-corrected chi connectivity index (χ1v) is 10.4. The molecule has 1 amide bonds. The molecule has 0 aromatic heterocycles. The van der Waals surface area contributed by atoms with Crippen LogP contribution in [-0.4, -0.2) is 44.3 Å². The van der Waals surface area contributed by atoms with Crippen LogP contribution in [0.1, 0.15) is 41.0 Å². The number of morpholine rings is 1. The summed E-state index contributed by atoms with van der Waals surface area (Å²) in [6.07, 6.45) is 0.735. The standard InChI is InChI=1S/C15H29NO3Si/c1-14(2,3)10-8-11-12(19-20(6)7)18-15(4,5)13(17)16(11)9-10/h10-12,20H,8-9H2,1-7H3/t10-,11-,12?/m0/s1.